The molecule has 0 radical (unpaired) electrons. The molecule has 7 heteroatoms. The van der Waals surface area contributed by atoms with E-state index in [4.69, 9.17) is 4.74 Å². The summed E-state index contributed by atoms with van der Waals surface area (Å²) in [6, 6.07) is 0. The van der Waals surface area contributed by atoms with Gasteiger partial charge in [0.25, 0.3) is 0 Å². The average molecular weight is 295 g/mol. The molecule has 1 amide bonds. The van der Waals surface area contributed by atoms with Crippen molar-refractivity contribution in [3.05, 3.63) is 0 Å². The van der Waals surface area contributed by atoms with Crippen LogP contribution < -0.4 is 0 Å². The maximum atomic E-state index is 13.0. The van der Waals surface area contributed by atoms with E-state index in [1.165, 1.54) is 4.90 Å². The van der Waals surface area contributed by atoms with Gasteiger partial charge < -0.3 is 9.64 Å². The summed E-state index contributed by atoms with van der Waals surface area (Å²) in [5.41, 5.74) is -1.70. The van der Waals surface area contributed by atoms with Gasteiger partial charge in [0.15, 0.2) is 0 Å². The van der Waals surface area contributed by atoms with Gasteiger partial charge in [-0.05, 0) is 47.0 Å². The Morgan fingerprint density at radius 3 is 2.42 bits per heavy atom. The van der Waals surface area contributed by atoms with Crippen LogP contribution in [0.25, 0.3) is 0 Å². The van der Waals surface area contributed by atoms with Gasteiger partial charge >= 0.3 is 16.3 Å². The topological polar surface area (TPSA) is 63.7 Å². The Morgan fingerprint density at radius 1 is 1.37 bits per heavy atom. The highest BCUT2D eigenvalue weighted by molar-refractivity contribution is 7.86. The maximum absolute atomic E-state index is 13.0. The Morgan fingerprint density at radius 2 is 1.95 bits per heavy atom. The van der Waals surface area contributed by atoms with Crippen LogP contribution in [0.1, 0.15) is 47.0 Å². The normalized spacial score (nSPS) is 25.2. The van der Waals surface area contributed by atoms with Gasteiger partial charge in [-0.1, -0.05) is 0 Å². The summed E-state index contributed by atoms with van der Waals surface area (Å²) in [5, 5.41) is 0. The van der Waals surface area contributed by atoms with Crippen molar-refractivity contribution in [2.45, 2.75) is 58.1 Å². The first-order valence-corrected chi connectivity index (χ1v) is 7.91. The fraction of sp³-hybridized carbons (Fsp3) is 0.917. The lowest BCUT2D eigenvalue weighted by Crippen LogP contribution is -2.56. The first-order chi connectivity index (χ1) is 8.43. The molecule has 1 atom stereocenters. The monoisotopic (exact) mass is 295 g/mol. The van der Waals surface area contributed by atoms with Crippen LogP contribution in [-0.2, 0) is 15.0 Å². The van der Waals surface area contributed by atoms with Crippen molar-refractivity contribution in [2.24, 2.45) is 0 Å². The fourth-order valence-corrected chi connectivity index (χ4v) is 3.37. The molecule has 1 aliphatic rings. The molecule has 1 unspecified atom stereocenters. The van der Waals surface area contributed by atoms with Gasteiger partial charge in [0, 0.05) is 6.54 Å². The molecule has 1 heterocycles. The zero-order chi connectivity index (χ0) is 14.9. The molecule has 112 valence electrons. The SMILES string of the molecule is CC(C)(C)OC(=O)N1CCCCC1(C)CS(=O)(=O)F. The molecule has 1 fully saturated rings. The Bertz CT molecular complexity index is 443. The van der Waals surface area contributed by atoms with Gasteiger partial charge in [-0.2, -0.15) is 8.42 Å². The molecule has 5 nitrogen and oxygen atoms in total. The minimum atomic E-state index is -4.64. The molecule has 0 aromatic carbocycles. The predicted octanol–water partition coefficient (Wildman–Crippen LogP) is 2.47. The van der Waals surface area contributed by atoms with Crippen LogP contribution in [-0.4, -0.2) is 42.8 Å². The summed E-state index contributed by atoms with van der Waals surface area (Å²) in [4.78, 5) is 13.4. The van der Waals surface area contributed by atoms with E-state index in [1.807, 2.05) is 0 Å². The minimum absolute atomic E-state index is 0.390. The first kappa shape index (κ1) is 16.2. The van der Waals surface area contributed by atoms with E-state index in [2.05, 4.69) is 0 Å². The molecule has 0 saturated carbocycles. The molecule has 0 aliphatic carbocycles. The highest BCUT2D eigenvalue weighted by Gasteiger charge is 2.42. The molecule has 1 saturated heterocycles. The van der Waals surface area contributed by atoms with Crippen molar-refractivity contribution in [2.75, 3.05) is 12.3 Å². The van der Waals surface area contributed by atoms with E-state index < -0.39 is 33.2 Å². The lowest BCUT2D eigenvalue weighted by atomic mass is 9.91. The van der Waals surface area contributed by atoms with E-state index in [9.17, 15) is 17.1 Å². The van der Waals surface area contributed by atoms with Gasteiger partial charge in [-0.25, -0.2) is 4.79 Å². The van der Waals surface area contributed by atoms with Crippen LogP contribution in [0.4, 0.5) is 8.68 Å². The number of halogens is 1. The van der Waals surface area contributed by atoms with Crippen molar-refractivity contribution in [3.8, 4) is 0 Å². The number of hydrogen-bond donors (Lipinski definition) is 0. The number of ether oxygens (including phenoxy) is 1. The Kier molecular flexibility index (Phi) is 4.49. The fourth-order valence-electron chi connectivity index (χ4n) is 2.33. The van der Waals surface area contributed by atoms with Crippen molar-refractivity contribution < 1.29 is 21.8 Å². The zero-order valence-electron chi connectivity index (χ0n) is 11.9. The number of amides is 1. The van der Waals surface area contributed by atoms with Crippen LogP contribution in [0.5, 0.6) is 0 Å². The second-order valence-corrected chi connectivity index (χ2v) is 7.64. The summed E-state index contributed by atoms with van der Waals surface area (Å²) in [6.07, 6.45) is 1.40. The second-order valence-electron chi connectivity index (χ2n) is 6.27. The van der Waals surface area contributed by atoms with Crippen LogP contribution in [0.2, 0.25) is 0 Å². The summed E-state index contributed by atoms with van der Waals surface area (Å²) in [7, 11) is -4.64. The largest absolute Gasteiger partial charge is 0.444 e. The number of hydrogen-bond acceptors (Lipinski definition) is 4. The third-order valence-corrected chi connectivity index (χ3v) is 4.06. The van der Waals surface area contributed by atoms with Crippen molar-refractivity contribution in [1.82, 2.24) is 4.90 Å². The Hall–Kier alpha value is -0.850. The summed E-state index contributed by atoms with van der Waals surface area (Å²) < 4.78 is 40.1. The predicted molar refractivity (Wildman–Crippen MR) is 70.1 cm³/mol. The van der Waals surface area contributed by atoms with Crippen molar-refractivity contribution >= 4 is 16.3 Å². The van der Waals surface area contributed by atoms with Gasteiger partial charge in [-0.3, -0.25) is 0 Å². The molecular formula is C12H22FNO4S. The third kappa shape index (κ3) is 4.97. The van der Waals surface area contributed by atoms with Crippen molar-refractivity contribution in [3.63, 3.8) is 0 Å². The van der Waals surface area contributed by atoms with E-state index >= 15 is 0 Å². The average Bonchev–Trinajstić information content (AvgIpc) is 2.11. The zero-order valence-corrected chi connectivity index (χ0v) is 12.7. The van der Waals surface area contributed by atoms with Gasteiger partial charge in [-0.15, -0.1) is 3.89 Å². The summed E-state index contributed by atoms with van der Waals surface area (Å²) in [5.74, 6) is -0.681. The molecule has 1 rings (SSSR count). The molecule has 0 aromatic rings. The third-order valence-electron chi connectivity index (χ3n) is 3.10. The van der Waals surface area contributed by atoms with E-state index in [0.29, 0.717) is 13.0 Å². The number of piperidine rings is 1. The molecule has 1 aliphatic heterocycles. The number of carbonyl (C=O) groups is 1. The number of rotatable bonds is 2. The number of nitrogens with zero attached hydrogens (tertiary/aromatic N) is 1. The molecular weight excluding hydrogens is 273 g/mol. The lowest BCUT2D eigenvalue weighted by molar-refractivity contribution is -0.00574. The van der Waals surface area contributed by atoms with Crippen LogP contribution in [0.3, 0.4) is 0 Å². The highest BCUT2D eigenvalue weighted by atomic mass is 32.3. The summed E-state index contributed by atoms with van der Waals surface area (Å²) in [6.45, 7) is 7.18. The first-order valence-electron chi connectivity index (χ1n) is 6.36. The van der Waals surface area contributed by atoms with Gasteiger partial charge in [0.1, 0.15) is 11.4 Å². The quantitative estimate of drug-likeness (QED) is 0.734. The summed E-state index contributed by atoms with van der Waals surface area (Å²) >= 11 is 0. The van der Waals surface area contributed by atoms with Crippen LogP contribution >= 0.6 is 0 Å². The van der Waals surface area contributed by atoms with E-state index in [0.717, 1.165) is 12.8 Å². The smallest absolute Gasteiger partial charge is 0.410 e. The van der Waals surface area contributed by atoms with Crippen molar-refractivity contribution in [1.29, 1.82) is 0 Å². The molecule has 0 spiro atoms. The van der Waals surface area contributed by atoms with Crippen LogP contribution in [0.15, 0.2) is 0 Å². The molecule has 0 aromatic heterocycles. The van der Waals surface area contributed by atoms with E-state index in [1.54, 1.807) is 27.7 Å². The highest BCUT2D eigenvalue weighted by Crippen LogP contribution is 2.31. The number of likely N-dealkylation sites (tertiary alicyclic amines) is 1. The Balaban J connectivity index is 2.92. The molecule has 0 N–H and O–H groups in total. The van der Waals surface area contributed by atoms with Gasteiger partial charge in [0.05, 0.1) is 5.54 Å². The molecule has 0 bridgehead atoms. The van der Waals surface area contributed by atoms with Gasteiger partial charge in [0.2, 0.25) is 0 Å². The lowest BCUT2D eigenvalue weighted by Gasteiger charge is -2.44. The number of carbonyl (C=O) groups excluding carboxylic acids is 1. The molecule has 19 heavy (non-hydrogen) atoms. The maximum Gasteiger partial charge on any atom is 0.410 e. The standard InChI is InChI=1S/C12H22FNO4S/c1-11(2,3)18-10(15)14-8-6-5-7-12(14,4)9-19(13,16)17/h5-9H2,1-4H3. The second kappa shape index (κ2) is 5.26. The Labute approximate surface area is 114 Å². The van der Waals surface area contributed by atoms with Crippen LogP contribution in [0, 0.1) is 0 Å². The van der Waals surface area contributed by atoms with E-state index in [-0.39, 0.29) is 0 Å². The minimum Gasteiger partial charge on any atom is -0.444 e.